The molecule has 1 aromatic carbocycles. The van der Waals surface area contributed by atoms with E-state index in [0.717, 1.165) is 11.1 Å². The second kappa shape index (κ2) is 6.70. The van der Waals surface area contributed by atoms with Crippen LogP contribution in [0.2, 0.25) is 0 Å². The van der Waals surface area contributed by atoms with Gasteiger partial charge in [0, 0.05) is 0 Å². The summed E-state index contributed by atoms with van der Waals surface area (Å²) in [6, 6.07) is 10.0. The first-order chi connectivity index (χ1) is 9.97. The van der Waals surface area contributed by atoms with Gasteiger partial charge in [0.2, 0.25) is 0 Å². The molecule has 0 aliphatic heterocycles. The Balaban J connectivity index is 2.17. The minimum absolute atomic E-state index is 0.378. The largest absolute Gasteiger partial charge is 0.362 e. The second-order valence-electron chi connectivity index (χ2n) is 5.68. The average Bonchev–Trinajstić information content (AvgIpc) is 2.45. The van der Waals surface area contributed by atoms with Crippen molar-refractivity contribution in [2.45, 2.75) is 19.6 Å². The molecule has 110 valence electrons. The van der Waals surface area contributed by atoms with Crippen molar-refractivity contribution in [2.24, 2.45) is 11.8 Å². The van der Waals surface area contributed by atoms with Crippen LogP contribution in [0.4, 0.5) is 0 Å². The standard InChI is InChI=1S/C19H22O2/c1-15(2)8-11-18-14-17(12-13-19(18,20)21)10-9-16-6-4-3-5-7-16/h3-15,18,20-21H,1-2H3/b10-9+,11-8+. The van der Waals surface area contributed by atoms with Gasteiger partial charge in [0.05, 0.1) is 5.92 Å². The SMILES string of the molecule is CC(C)/C=C/C1C=C(/C=C/c2ccccc2)C=CC1(O)O. The first-order valence-electron chi connectivity index (χ1n) is 7.24. The van der Waals surface area contributed by atoms with Gasteiger partial charge >= 0.3 is 0 Å². The van der Waals surface area contributed by atoms with Crippen LogP contribution in [0.3, 0.4) is 0 Å². The van der Waals surface area contributed by atoms with Gasteiger partial charge in [-0.3, -0.25) is 0 Å². The highest BCUT2D eigenvalue weighted by molar-refractivity contribution is 5.55. The van der Waals surface area contributed by atoms with Crippen molar-refractivity contribution in [2.75, 3.05) is 0 Å². The van der Waals surface area contributed by atoms with Crippen molar-refractivity contribution >= 4 is 6.08 Å². The lowest BCUT2D eigenvalue weighted by atomic mass is 9.89. The zero-order chi connectivity index (χ0) is 15.3. The van der Waals surface area contributed by atoms with Gasteiger partial charge in [0.15, 0.2) is 5.79 Å². The average molecular weight is 282 g/mol. The molecule has 2 N–H and O–H groups in total. The molecule has 0 amide bonds. The summed E-state index contributed by atoms with van der Waals surface area (Å²) in [6.45, 7) is 4.12. The third kappa shape index (κ3) is 4.55. The van der Waals surface area contributed by atoms with Crippen molar-refractivity contribution in [1.82, 2.24) is 0 Å². The monoisotopic (exact) mass is 282 g/mol. The molecule has 2 heteroatoms. The summed E-state index contributed by atoms with van der Waals surface area (Å²) in [5.41, 5.74) is 2.09. The highest BCUT2D eigenvalue weighted by Crippen LogP contribution is 2.27. The van der Waals surface area contributed by atoms with Gasteiger partial charge in [-0.05, 0) is 23.1 Å². The molecule has 0 spiro atoms. The smallest absolute Gasteiger partial charge is 0.193 e. The molecule has 0 saturated carbocycles. The van der Waals surface area contributed by atoms with Crippen LogP contribution in [0.15, 0.2) is 72.4 Å². The zero-order valence-electron chi connectivity index (χ0n) is 12.5. The van der Waals surface area contributed by atoms with E-state index < -0.39 is 11.7 Å². The van der Waals surface area contributed by atoms with E-state index in [9.17, 15) is 10.2 Å². The Labute approximate surface area is 126 Å². The first-order valence-corrected chi connectivity index (χ1v) is 7.24. The summed E-state index contributed by atoms with van der Waals surface area (Å²) in [4.78, 5) is 0. The van der Waals surface area contributed by atoms with E-state index in [2.05, 4.69) is 13.8 Å². The van der Waals surface area contributed by atoms with E-state index in [1.54, 1.807) is 6.08 Å². The van der Waals surface area contributed by atoms with Crippen molar-refractivity contribution in [3.63, 3.8) is 0 Å². The van der Waals surface area contributed by atoms with Gasteiger partial charge < -0.3 is 10.2 Å². The van der Waals surface area contributed by atoms with Gasteiger partial charge in [0.25, 0.3) is 0 Å². The Kier molecular flexibility index (Phi) is 4.94. The Morgan fingerprint density at radius 2 is 1.81 bits per heavy atom. The Hall–Kier alpha value is -1.90. The van der Waals surface area contributed by atoms with Gasteiger partial charge in [-0.25, -0.2) is 0 Å². The molecule has 0 aromatic heterocycles. The molecule has 2 nitrogen and oxygen atoms in total. The van der Waals surface area contributed by atoms with Gasteiger partial charge in [0.1, 0.15) is 0 Å². The maximum atomic E-state index is 10.00. The molecule has 0 fully saturated rings. The van der Waals surface area contributed by atoms with E-state index in [1.807, 2.05) is 60.7 Å². The van der Waals surface area contributed by atoms with E-state index >= 15 is 0 Å². The highest BCUT2D eigenvalue weighted by Gasteiger charge is 2.30. The summed E-state index contributed by atoms with van der Waals surface area (Å²) in [5.74, 6) is -1.86. The minimum atomic E-state index is -1.81. The third-order valence-corrected chi connectivity index (χ3v) is 3.35. The van der Waals surface area contributed by atoms with Crippen LogP contribution in [0.5, 0.6) is 0 Å². The molecule has 2 rings (SSSR count). The van der Waals surface area contributed by atoms with Crippen LogP contribution in [-0.4, -0.2) is 16.0 Å². The molecule has 1 unspecified atom stereocenters. The number of benzene rings is 1. The number of allylic oxidation sites excluding steroid dienone is 4. The van der Waals surface area contributed by atoms with Gasteiger partial charge in [-0.1, -0.05) is 80.6 Å². The predicted octanol–water partition coefficient (Wildman–Crippen LogP) is 3.71. The molecule has 0 heterocycles. The molecule has 1 aromatic rings. The third-order valence-electron chi connectivity index (χ3n) is 3.35. The molecule has 0 radical (unpaired) electrons. The Morgan fingerprint density at radius 1 is 1.10 bits per heavy atom. The van der Waals surface area contributed by atoms with Crippen LogP contribution in [-0.2, 0) is 0 Å². The Bertz CT molecular complexity index is 575. The van der Waals surface area contributed by atoms with E-state index in [-0.39, 0.29) is 0 Å². The lowest BCUT2D eigenvalue weighted by Crippen LogP contribution is -2.35. The predicted molar refractivity (Wildman–Crippen MR) is 87.3 cm³/mol. The van der Waals surface area contributed by atoms with E-state index in [4.69, 9.17) is 0 Å². The quantitative estimate of drug-likeness (QED) is 0.653. The zero-order valence-corrected chi connectivity index (χ0v) is 12.5. The molecular weight excluding hydrogens is 260 g/mol. The lowest BCUT2D eigenvalue weighted by molar-refractivity contribution is -0.137. The number of rotatable bonds is 4. The fourth-order valence-corrected chi connectivity index (χ4v) is 2.12. The van der Waals surface area contributed by atoms with Crippen molar-refractivity contribution in [1.29, 1.82) is 0 Å². The van der Waals surface area contributed by atoms with Crippen LogP contribution in [0, 0.1) is 11.8 Å². The number of hydrogen-bond acceptors (Lipinski definition) is 2. The molecule has 0 saturated heterocycles. The molecule has 1 aliphatic carbocycles. The summed E-state index contributed by atoms with van der Waals surface area (Å²) < 4.78 is 0. The fraction of sp³-hybridized carbons (Fsp3) is 0.263. The maximum Gasteiger partial charge on any atom is 0.193 e. The maximum absolute atomic E-state index is 10.00. The summed E-state index contributed by atoms with van der Waals surface area (Å²) in [6.07, 6.45) is 12.9. The van der Waals surface area contributed by atoms with Crippen LogP contribution < -0.4 is 0 Å². The molecular formula is C19H22O2. The molecule has 21 heavy (non-hydrogen) atoms. The van der Waals surface area contributed by atoms with E-state index in [0.29, 0.717) is 5.92 Å². The lowest BCUT2D eigenvalue weighted by Gasteiger charge is -2.27. The Morgan fingerprint density at radius 3 is 2.48 bits per heavy atom. The number of aliphatic hydroxyl groups is 2. The van der Waals surface area contributed by atoms with Gasteiger partial charge in [-0.15, -0.1) is 0 Å². The molecule has 1 atom stereocenters. The number of hydrogen-bond donors (Lipinski definition) is 2. The normalized spacial score (nSPS) is 21.4. The summed E-state index contributed by atoms with van der Waals surface area (Å²) in [5, 5.41) is 20.0. The van der Waals surface area contributed by atoms with Gasteiger partial charge in [-0.2, -0.15) is 0 Å². The van der Waals surface area contributed by atoms with Crippen LogP contribution >= 0.6 is 0 Å². The van der Waals surface area contributed by atoms with Crippen molar-refractivity contribution in [3.05, 3.63) is 77.9 Å². The molecule has 1 aliphatic rings. The summed E-state index contributed by atoms with van der Waals surface area (Å²) in [7, 11) is 0. The summed E-state index contributed by atoms with van der Waals surface area (Å²) >= 11 is 0. The first kappa shape index (κ1) is 15.5. The van der Waals surface area contributed by atoms with Crippen LogP contribution in [0.25, 0.3) is 6.08 Å². The highest BCUT2D eigenvalue weighted by atomic mass is 16.5. The van der Waals surface area contributed by atoms with E-state index in [1.165, 1.54) is 6.08 Å². The van der Waals surface area contributed by atoms with Crippen molar-refractivity contribution < 1.29 is 10.2 Å². The second-order valence-corrected chi connectivity index (χ2v) is 5.68. The minimum Gasteiger partial charge on any atom is -0.362 e. The van der Waals surface area contributed by atoms with Crippen molar-refractivity contribution in [3.8, 4) is 0 Å². The fourth-order valence-electron chi connectivity index (χ4n) is 2.12. The van der Waals surface area contributed by atoms with Crippen LogP contribution in [0.1, 0.15) is 19.4 Å². The topological polar surface area (TPSA) is 40.5 Å². The molecule has 0 bridgehead atoms.